The first-order valence-electron chi connectivity index (χ1n) is 7.73. The first kappa shape index (κ1) is 14.8. The van der Waals surface area contributed by atoms with Crippen molar-refractivity contribution in [1.29, 1.82) is 0 Å². The zero-order valence-electron chi connectivity index (χ0n) is 12.1. The molecule has 2 heterocycles. The molecule has 0 bridgehead atoms. The number of piperidine rings is 1. The Morgan fingerprint density at radius 2 is 2.21 bits per heavy atom. The molecule has 0 aromatic rings. The molecule has 1 N–H and O–H groups in total. The van der Waals surface area contributed by atoms with Gasteiger partial charge in [0.15, 0.2) is 0 Å². The molecule has 2 aliphatic rings. The van der Waals surface area contributed by atoms with E-state index in [4.69, 9.17) is 4.74 Å². The van der Waals surface area contributed by atoms with Gasteiger partial charge in [-0.25, -0.2) is 0 Å². The minimum absolute atomic E-state index is 0.500. The molecule has 2 fully saturated rings. The summed E-state index contributed by atoms with van der Waals surface area (Å²) in [7, 11) is 0. The van der Waals surface area contributed by atoms with Gasteiger partial charge in [0.05, 0.1) is 5.41 Å². The van der Waals surface area contributed by atoms with E-state index >= 15 is 0 Å². The zero-order chi connectivity index (χ0) is 13.7. The van der Waals surface area contributed by atoms with E-state index in [9.17, 15) is 9.90 Å². The highest BCUT2D eigenvalue weighted by Gasteiger charge is 2.42. The summed E-state index contributed by atoms with van der Waals surface area (Å²) >= 11 is 0. The number of likely N-dealkylation sites (tertiary alicyclic amines) is 1. The van der Waals surface area contributed by atoms with Gasteiger partial charge in [-0.1, -0.05) is 13.3 Å². The fourth-order valence-electron chi connectivity index (χ4n) is 3.70. The Morgan fingerprint density at radius 3 is 2.95 bits per heavy atom. The van der Waals surface area contributed by atoms with Crippen LogP contribution < -0.4 is 0 Å². The molecule has 4 heteroatoms. The van der Waals surface area contributed by atoms with E-state index in [-0.39, 0.29) is 0 Å². The maximum Gasteiger partial charge on any atom is 0.310 e. The third-order valence-corrected chi connectivity index (χ3v) is 4.73. The first-order chi connectivity index (χ1) is 9.18. The van der Waals surface area contributed by atoms with Gasteiger partial charge >= 0.3 is 5.97 Å². The summed E-state index contributed by atoms with van der Waals surface area (Å²) in [4.78, 5) is 14.1. The second-order valence-corrected chi connectivity index (χ2v) is 6.11. The van der Waals surface area contributed by atoms with Gasteiger partial charge < -0.3 is 9.84 Å². The van der Waals surface area contributed by atoms with Crippen LogP contribution in [0, 0.1) is 5.41 Å². The predicted molar refractivity (Wildman–Crippen MR) is 74.2 cm³/mol. The highest BCUT2D eigenvalue weighted by Crippen LogP contribution is 2.36. The maximum atomic E-state index is 11.7. The molecule has 0 aliphatic carbocycles. The molecule has 2 saturated heterocycles. The Morgan fingerprint density at radius 1 is 1.37 bits per heavy atom. The van der Waals surface area contributed by atoms with E-state index in [0.717, 1.165) is 71.2 Å². The van der Waals surface area contributed by atoms with Crippen molar-refractivity contribution in [3.63, 3.8) is 0 Å². The highest BCUT2D eigenvalue weighted by molar-refractivity contribution is 5.75. The van der Waals surface area contributed by atoms with Crippen molar-refractivity contribution in [1.82, 2.24) is 4.90 Å². The molecule has 0 aromatic carbocycles. The smallest absolute Gasteiger partial charge is 0.310 e. The van der Waals surface area contributed by atoms with E-state index in [0.29, 0.717) is 6.04 Å². The second-order valence-electron chi connectivity index (χ2n) is 6.11. The Balaban J connectivity index is 2.03. The second kappa shape index (κ2) is 6.71. The number of carboxylic acid groups (broad SMARTS) is 1. The molecule has 2 atom stereocenters. The number of ether oxygens (including phenoxy) is 1. The van der Waals surface area contributed by atoms with Gasteiger partial charge in [-0.3, -0.25) is 9.69 Å². The molecule has 110 valence electrons. The summed E-state index contributed by atoms with van der Waals surface area (Å²) < 4.78 is 5.52. The molecule has 0 aromatic heterocycles. The van der Waals surface area contributed by atoms with Crippen LogP contribution in [-0.4, -0.2) is 48.3 Å². The van der Waals surface area contributed by atoms with E-state index in [1.54, 1.807) is 0 Å². The quantitative estimate of drug-likeness (QED) is 0.852. The van der Waals surface area contributed by atoms with Gasteiger partial charge in [0.1, 0.15) is 0 Å². The van der Waals surface area contributed by atoms with E-state index in [2.05, 4.69) is 11.8 Å². The lowest BCUT2D eigenvalue weighted by molar-refractivity contribution is -0.154. The molecular formula is C15H27NO3. The lowest BCUT2D eigenvalue weighted by Crippen LogP contribution is -2.51. The predicted octanol–water partition coefficient (Wildman–Crippen LogP) is 2.52. The molecule has 0 saturated carbocycles. The molecule has 2 aliphatic heterocycles. The van der Waals surface area contributed by atoms with E-state index < -0.39 is 11.4 Å². The van der Waals surface area contributed by atoms with Crippen molar-refractivity contribution in [2.45, 2.75) is 57.9 Å². The van der Waals surface area contributed by atoms with Crippen LogP contribution in [-0.2, 0) is 9.53 Å². The number of hydrogen-bond donors (Lipinski definition) is 1. The summed E-state index contributed by atoms with van der Waals surface area (Å²) in [6, 6.07) is 0.526. The van der Waals surface area contributed by atoms with Crippen molar-refractivity contribution >= 4 is 5.97 Å². The fourth-order valence-corrected chi connectivity index (χ4v) is 3.70. The van der Waals surface area contributed by atoms with Crippen LogP contribution in [0.3, 0.4) is 0 Å². The van der Waals surface area contributed by atoms with Gasteiger partial charge in [0.25, 0.3) is 0 Å². The van der Waals surface area contributed by atoms with Crippen LogP contribution in [0.5, 0.6) is 0 Å². The molecule has 19 heavy (non-hydrogen) atoms. The van der Waals surface area contributed by atoms with Gasteiger partial charge in [-0.2, -0.15) is 0 Å². The lowest BCUT2D eigenvalue weighted by atomic mass is 9.75. The van der Waals surface area contributed by atoms with E-state index in [1.807, 2.05) is 0 Å². The van der Waals surface area contributed by atoms with Crippen LogP contribution in [0.1, 0.15) is 51.9 Å². The van der Waals surface area contributed by atoms with Crippen LogP contribution in [0.2, 0.25) is 0 Å². The van der Waals surface area contributed by atoms with Crippen LogP contribution in [0.15, 0.2) is 0 Å². The largest absolute Gasteiger partial charge is 0.481 e. The third kappa shape index (κ3) is 3.48. The summed E-state index contributed by atoms with van der Waals surface area (Å²) in [5, 5.41) is 9.64. The molecular weight excluding hydrogens is 242 g/mol. The highest BCUT2D eigenvalue weighted by atomic mass is 16.5. The molecule has 2 rings (SSSR count). The number of carboxylic acids is 1. The zero-order valence-corrected chi connectivity index (χ0v) is 12.1. The lowest BCUT2D eigenvalue weighted by Gasteiger charge is -2.43. The van der Waals surface area contributed by atoms with Crippen LogP contribution in [0.25, 0.3) is 0 Å². The summed E-state index contributed by atoms with van der Waals surface area (Å²) in [5.74, 6) is -0.594. The van der Waals surface area contributed by atoms with Crippen LogP contribution >= 0.6 is 0 Å². The molecule has 0 amide bonds. The monoisotopic (exact) mass is 269 g/mol. The van der Waals surface area contributed by atoms with Crippen LogP contribution in [0.4, 0.5) is 0 Å². The summed E-state index contributed by atoms with van der Waals surface area (Å²) in [6.45, 7) is 5.58. The van der Waals surface area contributed by atoms with Crippen molar-refractivity contribution in [3.05, 3.63) is 0 Å². The van der Waals surface area contributed by atoms with E-state index in [1.165, 1.54) is 0 Å². The third-order valence-electron chi connectivity index (χ3n) is 4.73. The molecule has 0 radical (unpaired) electrons. The SMILES string of the molecule is CCCC1(C(=O)O)CCCN(C2CCCOCC2)C1. The fraction of sp³-hybridized carbons (Fsp3) is 0.933. The summed E-state index contributed by atoms with van der Waals surface area (Å²) in [6.07, 6.45) is 6.94. The Hall–Kier alpha value is -0.610. The van der Waals surface area contributed by atoms with Crippen molar-refractivity contribution in [2.75, 3.05) is 26.3 Å². The van der Waals surface area contributed by atoms with Gasteiger partial charge in [-0.05, 0) is 45.1 Å². The Kier molecular flexibility index (Phi) is 5.22. The number of carbonyl (C=O) groups is 1. The molecule has 2 unspecified atom stereocenters. The maximum absolute atomic E-state index is 11.7. The number of hydrogen-bond acceptors (Lipinski definition) is 3. The minimum Gasteiger partial charge on any atom is -0.481 e. The van der Waals surface area contributed by atoms with Crippen molar-refractivity contribution < 1.29 is 14.6 Å². The standard InChI is InChI=1S/C15H27NO3/c1-2-7-15(14(17)18)8-4-9-16(12-15)13-5-3-10-19-11-6-13/h13H,2-12H2,1H3,(H,17,18). The number of aliphatic carboxylic acids is 1. The molecule has 4 nitrogen and oxygen atoms in total. The average molecular weight is 269 g/mol. The van der Waals surface area contributed by atoms with Crippen molar-refractivity contribution in [3.8, 4) is 0 Å². The number of rotatable bonds is 4. The first-order valence-corrected chi connectivity index (χ1v) is 7.73. The van der Waals surface area contributed by atoms with Gasteiger partial charge in [0.2, 0.25) is 0 Å². The van der Waals surface area contributed by atoms with Gasteiger partial charge in [0, 0.05) is 25.8 Å². The Labute approximate surface area is 116 Å². The average Bonchev–Trinajstić information content (AvgIpc) is 2.68. The summed E-state index contributed by atoms with van der Waals surface area (Å²) in [5.41, 5.74) is -0.500. The van der Waals surface area contributed by atoms with Gasteiger partial charge in [-0.15, -0.1) is 0 Å². The Bertz CT molecular complexity index is 296. The normalized spacial score (nSPS) is 33.8. The topological polar surface area (TPSA) is 49.8 Å². The van der Waals surface area contributed by atoms with Crippen molar-refractivity contribution in [2.24, 2.45) is 5.41 Å². The number of nitrogens with zero attached hydrogens (tertiary/aromatic N) is 1. The molecule has 0 spiro atoms. The minimum atomic E-state index is -0.594.